The highest BCUT2D eigenvalue weighted by Crippen LogP contribution is 2.34. The van der Waals surface area contributed by atoms with Crippen molar-refractivity contribution in [3.63, 3.8) is 0 Å². The Balaban J connectivity index is 2.05. The molecule has 1 amide bonds. The molecule has 1 aliphatic heterocycles. The average Bonchev–Trinajstić information content (AvgIpc) is 2.77. The normalized spacial score (nSPS) is 33.7. The smallest absolute Gasteiger partial charge is 0.307 e. The third-order valence-corrected chi connectivity index (χ3v) is 4.99. The third kappa shape index (κ3) is 2.59. The van der Waals surface area contributed by atoms with Crippen molar-refractivity contribution < 1.29 is 14.7 Å². The van der Waals surface area contributed by atoms with E-state index >= 15 is 0 Å². The lowest BCUT2D eigenvalue weighted by Crippen LogP contribution is -2.48. The van der Waals surface area contributed by atoms with Crippen molar-refractivity contribution in [1.29, 1.82) is 0 Å². The van der Waals surface area contributed by atoms with E-state index in [1.807, 2.05) is 16.7 Å². The van der Waals surface area contributed by atoms with Crippen LogP contribution in [0.4, 0.5) is 0 Å². The highest BCUT2D eigenvalue weighted by atomic mass is 32.2. The number of carbonyl (C=O) groups excluding carboxylic acids is 1. The lowest BCUT2D eigenvalue weighted by Gasteiger charge is -2.35. The van der Waals surface area contributed by atoms with E-state index in [-0.39, 0.29) is 17.9 Å². The Labute approximate surface area is 106 Å². The van der Waals surface area contributed by atoms with Crippen molar-refractivity contribution in [1.82, 2.24) is 4.90 Å². The molecule has 0 bridgehead atoms. The monoisotopic (exact) mass is 257 g/mol. The number of thioether (sulfide) groups is 1. The first-order chi connectivity index (χ1) is 8.11. The molecule has 5 heteroatoms. The molecule has 1 unspecified atom stereocenters. The number of aliphatic carboxylic acids is 1. The van der Waals surface area contributed by atoms with Crippen molar-refractivity contribution in [2.24, 2.45) is 11.8 Å². The van der Waals surface area contributed by atoms with Gasteiger partial charge in [0.2, 0.25) is 5.91 Å². The van der Waals surface area contributed by atoms with Gasteiger partial charge in [0.15, 0.2) is 0 Å². The van der Waals surface area contributed by atoms with Gasteiger partial charge in [-0.3, -0.25) is 9.59 Å². The summed E-state index contributed by atoms with van der Waals surface area (Å²) in [4.78, 5) is 25.4. The Hall–Kier alpha value is -0.710. The highest BCUT2D eigenvalue weighted by Gasteiger charge is 2.40. The molecule has 2 rings (SSSR count). The van der Waals surface area contributed by atoms with E-state index in [4.69, 9.17) is 5.11 Å². The van der Waals surface area contributed by atoms with Crippen molar-refractivity contribution in [3.8, 4) is 0 Å². The van der Waals surface area contributed by atoms with Gasteiger partial charge in [0.05, 0.1) is 11.8 Å². The number of hydrogen-bond donors (Lipinski definition) is 1. The second-order valence-electron chi connectivity index (χ2n) is 4.94. The van der Waals surface area contributed by atoms with Gasteiger partial charge in [-0.05, 0) is 19.8 Å². The van der Waals surface area contributed by atoms with E-state index in [0.717, 1.165) is 30.9 Å². The average molecular weight is 257 g/mol. The Morgan fingerprint density at radius 1 is 1.29 bits per heavy atom. The second-order valence-corrected chi connectivity index (χ2v) is 6.09. The van der Waals surface area contributed by atoms with Gasteiger partial charge in [0, 0.05) is 24.1 Å². The maximum Gasteiger partial charge on any atom is 0.307 e. The largest absolute Gasteiger partial charge is 0.481 e. The van der Waals surface area contributed by atoms with Crippen LogP contribution in [0.5, 0.6) is 0 Å². The van der Waals surface area contributed by atoms with Crippen LogP contribution in [-0.4, -0.2) is 46.0 Å². The summed E-state index contributed by atoms with van der Waals surface area (Å²) in [5.74, 6) is 0.474. The molecule has 1 heterocycles. The molecule has 1 aliphatic carbocycles. The molecule has 0 radical (unpaired) electrons. The first kappa shape index (κ1) is 12.7. The third-order valence-electron chi connectivity index (χ3n) is 3.80. The zero-order valence-electron chi connectivity index (χ0n) is 10.1. The minimum atomic E-state index is -0.806. The van der Waals surface area contributed by atoms with Gasteiger partial charge in [-0.15, -0.1) is 0 Å². The van der Waals surface area contributed by atoms with Crippen LogP contribution in [0.2, 0.25) is 0 Å². The molecule has 0 aromatic rings. The summed E-state index contributed by atoms with van der Waals surface area (Å²) in [7, 11) is 0. The second kappa shape index (κ2) is 5.29. The molecule has 0 spiro atoms. The number of hydrogen-bond acceptors (Lipinski definition) is 3. The van der Waals surface area contributed by atoms with E-state index in [2.05, 4.69) is 6.92 Å². The van der Waals surface area contributed by atoms with Crippen LogP contribution in [0.15, 0.2) is 0 Å². The van der Waals surface area contributed by atoms with E-state index in [1.165, 1.54) is 0 Å². The quantitative estimate of drug-likeness (QED) is 0.813. The van der Waals surface area contributed by atoms with Crippen molar-refractivity contribution in [3.05, 3.63) is 0 Å². The summed E-state index contributed by atoms with van der Waals surface area (Å²) < 4.78 is 0. The summed E-state index contributed by atoms with van der Waals surface area (Å²) in [5.41, 5.74) is 0. The molecule has 1 saturated heterocycles. The highest BCUT2D eigenvalue weighted by molar-refractivity contribution is 7.99. The molecule has 3 atom stereocenters. The van der Waals surface area contributed by atoms with Crippen molar-refractivity contribution >= 4 is 23.6 Å². The zero-order chi connectivity index (χ0) is 12.4. The van der Waals surface area contributed by atoms with E-state index < -0.39 is 11.9 Å². The predicted octanol–water partition coefficient (Wildman–Crippen LogP) is 1.45. The first-order valence-electron chi connectivity index (χ1n) is 6.22. The topological polar surface area (TPSA) is 57.6 Å². The van der Waals surface area contributed by atoms with Gasteiger partial charge in [-0.25, -0.2) is 0 Å². The summed E-state index contributed by atoms with van der Waals surface area (Å²) in [6.45, 7) is 2.82. The summed E-state index contributed by atoms with van der Waals surface area (Å²) in [6.07, 6.45) is 2.26. The van der Waals surface area contributed by atoms with Gasteiger partial charge in [-0.1, -0.05) is 6.42 Å². The number of rotatable bonds is 2. The SMILES string of the molecule is CC1CSCCN1C(=O)[C@@H]1CCC[C@@H]1C(=O)O. The molecule has 1 N–H and O–H groups in total. The van der Waals surface area contributed by atoms with Gasteiger partial charge < -0.3 is 10.0 Å². The molecule has 17 heavy (non-hydrogen) atoms. The maximum absolute atomic E-state index is 12.4. The minimum Gasteiger partial charge on any atom is -0.481 e. The van der Waals surface area contributed by atoms with Gasteiger partial charge in [0.25, 0.3) is 0 Å². The number of carboxylic acid groups (broad SMARTS) is 1. The Morgan fingerprint density at radius 2 is 2.00 bits per heavy atom. The van der Waals surface area contributed by atoms with Crippen LogP contribution in [-0.2, 0) is 9.59 Å². The molecule has 1 saturated carbocycles. The summed E-state index contributed by atoms with van der Waals surface area (Å²) >= 11 is 1.86. The molecule has 2 fully saturated rings. The van der Waals surface area contributed by atoms with Crippen LogP contribution in [0.1, 0.15) is 26.2 Å². The Kier molecular flexibility index (Phi) is 3.97. The molecular weight excluding hydrogens is 238 g/mol. The fourth-order valence-corrected chi connectivity index (χ4v) is 3.83. The van der Waals surface area contributed by atoms with E-state index in [0.29, 0.717) is 6.42 Å². The van der Waals surface area contributed by atoms with Crippen LogP contribution in [0, 0.1) is 11.8 Å². The fourth-order valence-electron chi connectivity index (χ4n) is 2.82. The number of carbonyl (C=O) groups is 2. The van der Waals surface area contributed by atoms with Gasteiger partial charge >= 0.3 is 5.97 Å². The fraction of sp³-hybridized carbons (Fsp3) is 0.833. The molecule has 0 aromatic carbocycles. The van der Waals surface area contributed by atoms with Gasteiger partial charge in [-0.2, -0.15) is 11.8 Å². The zero-order valence-corrected chi connectivity index (χ0v) is 10.9. The maximum atomic E-state index is 12.4. The van der Waals surface area contributed by atoms with Crippen LogP contribution >= 0.6 is 11.8 Å². The molecule has 4 nitrogen and oxygen atoms in total. The van der Waals surface area contributed by atoms with Crippen LogP contribution < -0.4 is 0 Å². The van der Waals surface area contributed by atoms with Crippen LogP contribution in [0.25, 0.3) is 0 Å². The Bertz CT molecular complexity index is 321. The van der Waals surface area contributed by atoms with Crippen molar-refractivity contribution in [2.45, 2.75) is 32.2 Å². The summed E-state index contributed by atoms with van der Waals surface area (Å²) in [5, 5.41) is 9.12. The lowest BCUT2D eigenvalue weighted by molar-refractivity contribution is -0.149. The first-order valence-corrected chi connectivity index (χ1v) is 7.37. The van der Waals surface area contributed by atoms with Gasteiger partial charge in [0.1, 0.15) is 0 Å². The Morgan fingerprint density at radius 3 is 2.65 bits per heavy atom. The van der Waals surface area contributed by atoms with Crippen molar-refractivity contribution in [2.75, 3.05) is 18.1 Å². The standard InChI is InChI=1S/C12H19NO3S/c1-8-7-17-6-5-13(8)11(14)9-3-2-4-10(9)12(15)16/h8-10H,2-7H2,1H3,(H,15,16)/t8?,9-,10+/m1/s1. The van der Waals surface area contributed by atoms with E-state index in [9.17, 15) is 9.59 Å². The minimum absolute atomic E-state index is 0.0719. The predicted molar refractivity (Wildman–Crippen MR) is 67.0 cm³/mol. The molecule has 96 valence electrons. The molecule has 0 aromatic heterocycles. The lowest BCUT2D eigenvalue weighted by atomic mass is 9.94. The molecular formula is C12H19NO3S. The number of carboxylic acids is 1. The number of nitrogens with zero attached hydrogens (tertiary/aromatic N) is 1. The summed E-state index contributed by atoms with van der Waals surface area (Å²) in [6, 6.07) is 0.247. The van der Waals surface area contributed by atoms with Crippen LogP contribution in [0.3, 0.4) is 0 Å². The number of amides is 1. The molecule has 2 aliphatic rings. The van der Waals surface area contributed by atoms with E-state index in [1.54, 1.807) is 0 Å².